The molecule has 0 spiro atoms. The van der Waals surface area contributed by atoms with Gasteiger partial charge in [-0.25, -0.2) is 4.98 Å². The molecule has 1 heterocycles. The molecule has 1 aromatic rings. The molecule has 0 aliphatic rings. The number of pyridine rings is 1. The first kappa shape index (κ1) is 10.8. The second kappa shape index (κ2) is 4.81. The van der Waals surface area contributed by atoms with Gasteiger partial charge in [-0.15, -0.1) is 0 Å². The molecule has 0 saturated heterocycles. The van der Waals surface area contributed by atoms with Gasteiger partial charge in [0.15, 0.2) is 0 Å². The lowest BCUT2D eigenvalue weighted by Gasteiger charge is -2.05. The summed E-state index contributed by atoms with van der Waals surface area (Å²) >= 11 is 5.74. The maximum atomic E-state index is 11.4. The highest BCUT2D eigenvalue weighted by Crippen LogP contribution is 2.13. The second-order valence-corrected chi connectivity index (χ2v) is 3.06. The van der Waals surface area contributed by atoms with Gasteiger partial charge in [0.2, 0.25) is 0 Å². The Kier molecular flexibility index (Phi) is 3.71. The minimum absolute atomic E-state index is 0.145. The van der Waals surface area contributed by atoms with E-state index in [9.17, 15) is 4.79 Å². The molecule has 1 aromatic heterocycles. The third-order valence-corrected chi connectivity index (χ3v) is 1.84. The molecule has 76 valence electrons. The molecule has 0 saturated carbocycles. The summed E-state index contributed by atoms with van der Waals surface area (Å²) in [5.41, 5.74) is 0.510. The molecule has 4 nitrogen and oxygen atoms in total. The molecule has 0 aliphatic carbocycles. The van der Waals surface area contributed by atoms with Crippen molar-refractivity contribution in [2.45, 2.75) is 6.92 Å². The van der Waals surface area contributed by atoms with E-state index in [2.05, 4.69) is 15.6 Å². The normalized spacial score (nSPS) is 9.64. The Morgan fingerprint density at radius 2 is 2.29 bits per heavy atom. The van der Waals surface area contributed by atoms with E-state index in [0.29, 0.717) is 23.1 Å². The van der Waals surface area contributed by atoms with Crippen molar-refractivity contribution in [1.29, 1.82) is 0 Å². The van der Waals surface area contributed by atoms with E-state index < -0.39 is 0 Å². The first-order valence-electron chi connectivity index (χ1n) is 4.31. The van der Waals surface area contributed by atoms with Gasteiger partial charge >= 0.3 is 0 Å². The molecule has 14 heavy (non-hydrogen) atoms. The fourth-order valence-corrected chi connectivity index (χ4v) is 1.23. The molecule has 1 amide bonds. The molecule has 0 aromatic carbocycles. The van der Waals surface area contributed by atoms with E-state index in [-0.39, 0.29) is 5.91 Å². The van der Waals surface area contributed by atoms with Crippen LogP contribution in [0.3, 0.4) is 0 Å². The largest absolute Gasteiger partial charge is 0.373 e. The first-order valence-corrected chi connectivity index (χ1v) is 4.68. The van der Waals surface area contributed by atoms with Gasteiger partial charge < -0.3 is 10.6 Å². The first-order chi connectivity index (χ1) is 6.67. The predicted octanol–water partition coefficient (Wildman–Crippen LogP) is 1.53. The van der Waals surface area contributed by atoms with Crippen LogP contribution in [0.25, 0.3) is 0 Å². The highest BCUT2D eigenvalue weighted by Gasteiger charge is 2.07. The number of carbonyl (C=O) groups excluding carboxylic acids is 1. The average molecular weight is 214 g/mol. The van der Waals surface area contributed by atoms with E-state index in [0.717, 1.165) is 0 Å². The van der Waals surface area contributed by atoms with Crippen molar-refractivity contribution in [2.75, 3.05) is 18.9 Å². The van der Waals surface area contributed by atoms with Crippen LogP contribution in [0.4, 0.5) is 5.82 Å². The van der Waals surface area contributed by atoms with Crippen molar-refractivity contribution in [3.05, 3.63) is 22.8 Å². The zero-order chi connectivity index (χ0) is 10.6. The number of aromatic nitrogens is 1. The van der Waals surface area contributed by atoms with Crippen LogP contribution < -0.4 is 10.6 Å². The van der Waals surface area contributed by atoms with Crippen LogP contribution in [0, 0.1) is 0 Å². The van der Waals surface area contributed by atoms with Crippen molar-refractivity contribution < 1.29 is 4.79 Å². The Labute approximate surface area is 87.7 Å². The molecule has 5 heteroatoms. The quantitative estimate of drug-likeness (QED) is 0.749. The number of amides is 1. The fraction of sp³-hybridized carbons (Fsp3) is 0.333. The van der Waals surface area contributed by atoms with Crippen LogP contribution in [0.5, 0.6) is 0 Å². The zero-order valence-electron chi connectivity index (χ0n) is 8.10. The number of rotatable bonds is 3. The SMILES string of the molecule is CCNC(=O)c1cc(Cl)nc(NC)c1. The topological polar surface area (TPSA) is 54.0 Å². The Bertz CT molecular complexity index is 341. The number of nitrogens with one attached hydrogen (secondary N) is 2. The van der Waals surface area contributed by atoms with E-state index in [1.54, 1.807) is 13.1 Å². The highest BCUT2D eigenvalue weighted by molar-refractivity contribution is 6.29. The summed E-state index contributed by atoms with van der Waals surface area (Å²) in [6, 6.07) is 3.18. The van der Waals surface area contributed by atoms with Crippen LogP contribution in [0.2, 0.25) is 5.15 Å². The summed E-state index contributed by atoms with van der Waals surface area (Å²) in [6.45, 7) is 2.45. The summed E-state index contributed by atoms with van der Waals surface area (Å²) in [4.78, 5) is 15.4. The second-order valence-electron chi connectivity index (χ2n) is 2.67. The van der Waals surface area contributed by atoms with Gasteiger partial charge in [-0.1, -0.05) is 11.6 Å². The lowest BCUT2D eigenvalue weighted by molar-refractivity contribution is 0.0956. The number of hydrogen-bond acceptors (Lipinski definition) is 3. The molecular formula is C9H12ClN3O. The molecule has 0 aliphatic heterocycles. The van der Waals surface area contributed by atoms with Crippen molar-refractivity contribution in [3.63, 3.8) is 0 Å². The van der Waals surface area contributed by atoms with Gasteiger partial charge in [-0.2, -0.15) is 0 Å². The Morgan fingerprint density at radius 1 is 1.57 bits per heavy atom. The summed E-state index contributed by atoms with van der Waals surface area (Å²) in [7, 11) is 1.72. The van der Waals surface area contributed by atoms with E-state index in [1.165, 1.54) is 6.07 Å². The Morgan fingerprint density at radius 3 is 2.86 bits per heavy atom. The molecular weight excluding hydrogens is 202 g/mol. The van der Waals surface area contributed by atoms with E-state index in [1.807, 2.05) is 6.92 Å². The van der Waals surface area contributed by atoms with Crippen molar-refractivity contribution in [1.82, 2.24) is 10.3 Å². The average Bonchev–Trinajstić information content (AvgIpc) is 2.17. The van der Waals surface area contributed by atoms with Gasteiger partial charge in [-0.3, -0.25) is 4.79 Å². The molecule has 0 radical (unpaired) electrons. The maximum Gasteiger partial charge on any atom is 0.251 e. The number of anilines is 1. The molecule has 2 N–H and O–H groups in total. The van der Waals surface area contributed by atoms with Gasteiger partial charge in [0, 0.05) is 19.2 Å². The number of nitrogens with zero attached hydrogens (tertiary/aromatic N) is 1. The number of hydrogen-bond donors (Lipinski definition) is 2. The fourth-order valence-electron chi connectivity index (χ4n) is 1.02. The lowest BCUT2D eigenvalue weighted by atomic mass is 10.2. The van der Waals surface area contributed by atoms with Crippen LogP contribution in [0.1, 0.15) is 17.3 Å². The van der Waals surface area contributed by atoms with Crippen molar-refractivity contribution in [2.24, 2.45) is 0 Å². The molecule has 0 unspecified atom stereocenters. The monoisotopic (exact) mass is 213 g/mol. The lowest BCUT2D eigenvalue weighted by Crippen LogP contribution is -2.22. The summed E-state index contributed by atoms with van der Waals surface area (Å²) in [5.74, 6) is 0.437. The summed E-state index contributed by atoms with van der Waals surface area (Å²) in [6.07, 6.45) is 0. The smallest absolute Gasteiger partial charge is 0.251 e. The van der Waals surface area contributed by atoms with Gasteiger partial charge in [-0.05, 0) is 19.1 Å². The minimum Gasteiger partial charge on any atom is -0.373 e. The van der Waals surface area contributed by atoms with Crippen LogP contribution in [-0.4, -0.2) is 24.5 Å². The van der Waals surface area contributed by atoms with E-state index >= 15 is 0 Å². The third kappa shape index (κ3) is 2.60. The summed E-state index contributed by atoms with van der Waals surface area (Å²) in [5, 5.41) is 5.82. The zero-order valence-corrected chi connectivity index (χ0v) is 8.85. The van der Waals surface area contributed by atoms with Crippen LogP contribution in [-0.2, 0) is 0 Å². The highest BCUT2D eigenvalue weighted by atomic mass is 35.5. The van der Waals surface area contributed by atoms with Crippen LogP contribution >= 0.6 is 11.6 Å². The van der Waals surface area contributed by atoms with Gasteiger partial charge in [0.05, 0.1) is 0 Å². The van der Waals surface area contributed by atoms with Gasteiger partial charge in [0.25, 0.3) is 5.91 Å². The Hall–Kier alpha value is -1.29. The molecule has 0 atom stereocenters. The Balaban J connectivity index is 2.96. The predicted molar refractivity (Wildman–Crippen MR) is 56.8 cm³/mol. The standard InChI is InChI=1S/C9H12ClN3O/c1-3-12-9(14)6-4-7(10)13-8(5-6)11-2/h4-5H,3H2,1-2H3,(H,11,13)(H,12,14). The third-order valence-electron chi connectivity index (χ3n) is 1.65. The summed E-state index contributed by atoms with van der Waals surface area (Å²) < 4.78 is 0. The molecule has 0 fully saturated rings. The number of carbonyl (C=O) groups is 1. The number of halogens is 1. The molecule has 0 bridgehead atoms. The minimum atomic E-state index is -0.145. The molecule has 1 rings (SSSR count). The maximum absolute atomic E-state index is 11.4. The van der Waals surface area contributed by atoms with E-state index in [4.69, 9.17) is 11.6 Å². The van der Waals surface area contributed by atoms with Crippen molar-refractivity contribution >= 4 is 23.3 Å². The van der Waals surface area contributed by atoms with Crippen molar-refractivity contribution in [3.8, 4) is 0 Å². The van der Waals surface area contributed by atoms with Gasteiger partial charge in [0.1, 0.15) is 11.0 Å². The van der Waals surface area contributed by atoms with Crippen LogP contribution in [0.15, 0.2) is 12.1 Å².